The van der Waals surface area contributed by atoms with E-state index in [0.29, 0.717) is 11.9 Å². The van der Waals surface area contributed by atoms with E-state index in [4.69, 9.17) is 0 Å². The first kappa shape index (κ1) is 16.9. The summed E-state index contributed by atoms with van der Waals surface area (Å²) in [5.41, 5.74) is 4.40. The van der Waals surface area contributed by atoms with Crippen molar-refractivity contribution in [3.8, 4) is 11.4 Å². The zero-order chi connectivity index (χ0) is 18.8. The molecular formula is C21H23N7. The Morgan fingerprint density at radius 1 is 1.07 bits per heavy atom. The molecule has 1 aliphatic carbocycles. The molecular weight excluding hydrogens is 350 g/mol. The van der Waals surface area contributed by atoms with Gasteiger partial charge in [0.2, 0.25) is 5.82 Å². The van der Waals surface area contributed by atoms with Gasteiger partial charge in [0.1, 0.15) is 5.82 Å². The highest BCUT2D eigenvalue weighted by Gasteiger charge is 2.24. The van der Waals surface area contributed by atoms with Gasteiger partial charge in [0.05, 0.1) is 0 Å². The lowest BCUT2D eigenvalue weighted by Gasteiger charge is -2.38. The molecule has 28 heavy (non-hydrogen) atoms. The lowest BCUT2D eigenvalue weighted by Crippen LogP contribution is -2.38. The molecule has 0 spiro atoms. The monoisotopic (exact) mass is 373 g/mol. The summed E-state index contributed by atoms with van der Waals surface area (Å²) >= 11 is 0. The van der Waals surface area contributed by atoms with Gasteiger partial charge in [-0.2, -0.15) is 5.21 Å². The Balaban J connectivity index is 1.37. The van der Waals surface area contributed by atoms with Gasteiger partial charge in [0.25, 0.3) is 0 Å². The molecule has 7 heteroatoms. The van der Waals surface area contributed by atoms with Crippen LogP contribution in [0.15, 0.2) is 42.6 Å². The topological polar surface area (TPSA) is 82.6 Å². The summed E-state index contributed by atoms with van der Waals surface area (Å²) in [6.45, 7) is 0.987. The van der Waals surface area contributed by atoms with Crippen molar-refractivity contribution in [2.24, 2.45) is 0 Å². The molecule has 0 radical (unpaired) electrons. The SMILES string of the molecule is C1=Cc2cnc(Nc3ccc(-c4nn[nH]n4)cc3)cc2N(C2CCCCC2)C1. The first-order valence-corrected chi connectivity index (χ1v) is 9.91. The smallest absolute Gasteiger partial charge is 0.204 e. The minimum atomic E-state index is 0.591. The molecule has 2 aliphatic rings. The van der Waals surface area contributed by atoms with Crippen molar-refractivity contribution in [2.75, 3.05) is 16.8 Å². The van der Waals surface area contributed by atoms with E-state index >= 15 is 0 Å². The van der Waals surface area contributed by atoms with Gasteiger partial charge in [-0.05, 0) is 42.3 Å². The van der Waals surface area contributed by atoms with Gasteiger partial charge in [0.15, 0.2) is 0 Å². The Morgan fingerprint density at radius 3 is 2.71 bits per heavy atom. The number of benzene rings is 1. The molecule has 1 fully saturated rings. The molecule has 0 unspecified atom stereocenters. The summed E-state index contributed by atoms with van der Waals surface area (Å²) in [7, 11) is 0. The minimum absolute atomic E-state index is 0.591. The molecule has 3 heterocycles. The van der Waals surface area contributed by atoms with Gasteiger partial charge in [-0.3, -0.25) is 0 Å². The molecule has 1 saturated carbocycles. The third kappa shape index (κ3) is 3.35. The second-order valence-electron chi connectivity index (χ2n) is 7.41. The second-order valence-corrected chi connectivity index (χ2v) is 7.41. The average molecular weight is 373 g/mol. The Hall–Kier alpha value is -3.22. The summed E-state index contributed by atoms with van der Waals surface area (Å²) < 4.78 is 0. The predicted octanol–water partition coefficient (Wildman–Crippen LogP) is 4.17. The number of pyridine rings is 1. The van der Waals surface area contributed by atoms with E-state index in [9.17, 15) is 0 Å². The highest BCUT2D eigenvalue weighted by molar-refractivity contribution is 5.75. The van der Waals surface area contributed by atoms with Crippen LogP contribution in [0.5, 0.6) is 0 Å². The highest BCUT2D eigenvalue weighted by Crippen LogP contribution is 2.34. The van der Waals surface area contributed by atoms with E-state index in [1.807, 2.05) is 30.5 Å². The van der Waals surface area contributed by atoms with Crippen molar-refractivity contribution in [3.05, 3.63) is 48.2 Å². The molecule has 1 aliphatic heterocycles. The maximum Gasteiger partial charge on any atom is 0.204 e. The highest BCUT2D eigenvalue weighted by atomic mass is 15.5. The second kappa shape index (κ2) is 7.42. The molecule has 0 atom stereocenters. The van der Waals surface area contributed by atoms with Gasteiger partial charge < -0.3 is 10.2 Å². The fourth-order valence-electron chi connectivity index (χ4n) is 4.17. The standard InChI is InChI=1S/C21H23N7/c1-2-6-18(7-3-1)28-12-4-5-16-14-22-20(13-19(16)28)23-17-10-8-15(9-11-17)21-24-26-27-25-21/h4-5,8-11,13-14,18H,1-3,6-7,12H2,(H,22,23)(H,24,25,26,27). The van der Waals surface area contributed by atoms with E-state index in [1.165, 1.54) is 43.4 Å². The number of anilines is 3. The third-order valence-corrected chi connectivity index (χ3v) is 5.60. The Labute approximate surface area is 163 Å². The third-order valence-electron chi connectivity index (χ3n) is 5.60. The van der Waals surface area contributed by atoms with Gasteiger partial charge in [0, 0.05) is 47.4 Å². The van der Waals surface area contributed by atoms with Crippen LogP contribution in [0.3, 0.4) is 0 Å². The van der Waals surface area contributed by atoms with Crippen LogP contribution in [0.1, 0.15) is 37.7 Å². The number of hydrogen-bond acceptors (Lipinski definition) is 6. The fraction of sp³-hybridized carbons (Fsp3) is 0.333. The Morgan fingerprint density at radius 2 is 1.93 bits per heavy atom. The largest absolute Gasteiger partial charge is 0.364 e. The number of nitrogens with one attached hydrogen (secondary N) is 2. The zero-order valence-electron chi connectivity index (χ0n) is 15.7. The number of aromatic nitrogens is 5. The quantitative estimate of drug-likeness (QED) is 0.714. The first-order chi connectivity index (χ1) is 13.9. The van der Waals surface area contributed by atoms with Crippen molar-refractivity contribution in [2.45, 2.75) is 38.1 Å². The number of tetrazole rings is 1. The predicted molar refractivity (Wildman–Crippen MR) is 110 cm³/mol. The Bertz CT molecular complexity index is 957. The average Bonchev–Trinajstić information content (AvgIpc) is 3.29. The maximum absolute atomic E-state index is 4.61. The fourth-order valence-corrected chi connectivity index (χ4v) is 4.17. The van der Waals surface area contributed by atoms with Crippen molar-refractivity contribution >= 4 is 23.3 Å². The van der Waals surface area contributed by atoms with E-state index in [1.54, 1.807) is 0 Å². The van der Waals surface area contributed by atoms with Gasteiger partial charge in [-0.15, -0.1) is 10.2 Å². The molecule has 0 amide bonds. The zero-order valence-corrected chi connectivity index (χ0v) is 15.7. The van der Waals surface area contributed by atoms with Crippen molar-refractivity contribution in [3.63, 3.8) is 0 Å². The number of rotatable bonds is 4. The molecule has 142 valence electrons. The summed E-state index contributed by atoms with van der Waals surface area (Å²) in [6, 6.07) is 10.8. The number of fused-ring (bicyclic) bond motifs is 1. The molecule has 7 nitrogen and oxygen atoms in total. The molecule has 2 N–H and O–H groups in total. The van der Waals surface area contributed by atoms with E-state index in [-0.39, 0.29) is 0 Å². The number of H-pyrrole nitrogens is 1. The van der Waals surface area contributed by atoms with E-state index in [0.717, 1.165) is 23.6 Å². The lowest BCUT2D eigenvalue weighted by molar-refractivity contribution is 0.421. The molecule has 5 rings (SSSR count). The van der Waals surface area contributed by atoms with Crippen LogP contribution in [0.2, 0.25) is 0 Å². The van der Waals surface area contributed by atoms with Gasteiger partial charge >= 0.3 is 0 Å². The van der Waals surface area contributed by atoms with Crippen molar-refractivity contribution < 1.29 is 0 Å². The van der Waals surface area contributed by atoms with Crippen LogP contribution < -0.4 is 10.2 Å². The van der Waals surface area contributed by atoms with Crippen molar-refractivity contribution in [1.82, 2.24) is 25.6 Å². The minimum Gasteiger partial charge on any atom is -0.364 e. The van der Waals surface area contributed by atoms with Crippen LogP contribution in [-0.2, 0) is 0 Å². The Kier molecular flexibility index (Phi) is 4.48. The van der Waals surface area contributed by atoms with Crippen LogP contribution in [0, 0.1) is 0 Å². The summed E-state index contributed by atoms with van der Waals surface area (Å²) in [6.07, 6.45) is 13.0. The normalized spacial score (nSPS) is 16.8. The van der Waals surface area contributed by atoms with Crippen LogP contribution in [0.25, 0.3) is 17.5 Å². The summed E-state index contributed by atoms with van der Waals surface area (Å²) in [4.78, 5) is 7.17. The molecule has 0 saturated heterocycles. The summed E-state index contributed by atoms with van der Waals surface area (Å²) in [5.74, 6) is 1.45. The molecule has 1 aromatic carbocycles. The van der Waals surface area contributed by atoms with E-state index < -0.39 is 0 Å². The number of hydrogen-bond donors (Lipinski definition) is 2. The molecule has 3 aromatic rings. The van der Waals surface area contributed by atoms with Gasteiger partial charge in [-0.1, -0.05) is 31.4 Å². The van der Waals surface area contributed by atoms with Crippen molar-refractivity contribution in [1.29, 1.82) is 0 Å². The molecule has 0 bridgehead atoms. The van der Waals surface area contributed by atoms with E-state index in [2.05, 4.69) is 54.0 Å². The number of nitrogens with zero attached hydrogens (tertiary/aromatic N) is 5. The maximum atomic E-state index is 4.61. The van der Waals surface area contributed by atoms with Gasteiger partial charge in [-0.25, -0.2) is 4.98 Å². The van der Waals surface area contributed by atoms with Crippen LogP contribution >= 0.6 is 0 Å². The molecule has 2 aromatic heterocycles. The van der Waals surface area contributed by atoms with Crippen LogP contribution in [0.4, 0.5) is 17.2 Å². The van der Waals surface area contributed by atoms with Crippen LogP contribution in [-0.4, -0.2) is 38.2 Å². The first-order valence-electron chi connectivity index (χ1n) is 9.91. The summed E-state index contributed by atoms with van der Waals surface area (Å²) in [5, 5.41) is 17.5. The lowest BCUT2D eigenvalue weighted by atomic mass is 9.92. The number of aromatic amines is 1.